The van der Waals surface area contributed by atoms with Crippen LogP contribution in [0.1, 0.15) is 19.8 Å². The standard InChI is InChI=1S/C8H15NO2/c1-2-11-8(10)7-3-6(4-7)5-9/h6-7H,2-5,9H2,1H3. The van der Waals surface area contributed by atoms with Gasteiger partial charge in [0.15, 0.2) is 0 Å². The first-order chi connectivity index (χ1) is 5.27. The van der Waals surface area contributed by atoms with Gasteiger partial charge >= 0.3 is 5.97 Å². The molecule has 0 aliphatic heterocycles. The zero-order valence-corrected chi connectivity index (χ0v) is 6.88. The van der Waals surface area contributed by atoms with E-state index < -0.39 is 0 Å². The van der Waals surface area contributed by atoms with Gasteiger partial charge in [-0.1, -0.05) is 0 Å². The normalized spacial score (nSPS) is 29.3. The molecular formula is C8H15NO2. The molecule has 0 aromatic rings. The van der Waals surface area contributed by atoms with Gasteiger partial charge in [-0.25, -0.2) is 0 Å². The molecule has 0 radical (unpaired) electrons. The van der Waals surface area contributed by atoms with E-state index in [9.17, 15) is 4.79 Å². The Morgan fingerprint density at radius 2 is 2.27 bits per heavy atom. The van der Waals surface area contributed by atoms with E-state index in [4.69, 9.17) is 10.5 Å². The summed E-state index contributed by atoms with van der Waals surface area (Å²) in [5.74, 6) is 0.658. The van der Waals surface area contributed by atoms with Crippen molar-refractivity contribution in [3.8, 4) is 0 Å². The average Bonchev–Trinajstić information content (AvgIpc) is 1.86. The van der Waals surface area contributed by atoms with Crippen LogP contribution < -0.4 is 5.73 Å². The van der Waals surface area contributed by atoms with E-state index in [-0.39, 0.29) is 11.9 Å². The molecule has 3 nitrogen and oxygen atoms in total. The first-order valence-electron chi connectivity index (χ1n) is 4.14. The lowest BCUT2D eigenvalue weighted by atomic mass is 9.75. The van der Waals surface area contributed by atoms with Crippen molar-refractivity contribution in [3.63, 3.8) is 0 Å². The van der Waals surface area contributed by atoms with Gasteiger partial charge in [-0.05, 0) is 32.2 Å². The number of ether oxygens (including phenoxy) is 1. The van der Waals surface area contributed by atoms with E-state index in [2.05, 4.69) is 0 Å². The Kier molecular flexibility index (Phi) is 2.88. The minimum Gasteiger partial charge on any atom is -0.466 e. The fraction of sp³-hybridized carbons (Fsp3) is 0.875. The van der Waals surface area contributed by atoms with Gasteiger partial charge in [0.05, 0.1) is 12.5 Å². The number of carbonyl (C=O) groups excluding carboxylic acids is 1. The van der Waals surface area contributed by atoms with Gasteiger partial charge in [-0.3, -0.25) is 4.79 Å². The molecule has 1 aliphatic rings. The Morgan fingerprint density at radius 1 is 1.64 bits per heavy atom. The Bertz CT molecular complexity index is 141. The Labute approximate surface area is 66.9 Å². The van der Waals surface area contributed by atoms with Crippen molar-refractivity contribution in [2.45, 2.75) is 19.8 Å². The van der Waals surface area contributed by atoms with Crippen LogP contribution in [-0.2, 0) is 9.53 Å². The smallest absolute Gasteiger partial charge is 0.308 e. The highest BCUT2D eigenvalue weighted by molar-refractivity contribution is 5.73. The summed E-state index contributed by atoms with van der Waals surface area (Å²) >= 11 is 0. The third-order valence-corrected chi connectivity index (χ3v) is 2.19. The van der Waals surface area contributed by atoms with Crippen molar-refractivity contribution in [1.29, 1.82) is 0 Å². The van der Waals surface area contributed by atoms with Gasteiger partial charge in [0, 0.05) is 0 Å². The van der Waals surface area contributed by atoms with Crippen molar-refractivity contribution in [3.05, 3.63) is 0 Å². The molecule has 0 spiro atoms. The fourth-order valence-corrected chi connectivity index (χ4v) is 1.38. The quantitative estimate of drug-likeness (QED) is 0.608. The maximum Gasteiger partial charge on any atom is 0.308 e. The molecular weight excluding hydrogens is 142 g/mol. The number of hydrogen-bond donors (Lipinski definition) is 1. The van der Waals surface area contributed by atoms with E-state index in [0.29, 0.717) is 19.1 Å². The van der Waals surface area contributed by atoms with Crippen LogP contribution in [0.5, 0.6) is 0 Å². The summed E-state index contributed by atoms with van der Waals surface area (Å²) in [4.78, 5) is 11.0. The first-order valence-corrected chi connectivity index (χ1v) is 4.14. The molecule has 0 heterocycles. The lowest BCUT2D eigenvalue weighted by Gasteiger charge is -2.32. The molecule has 64 valence electrons. The highest BCUT2D eigenvalue weighted by Crippen LogP contribution is 2.33. The van der Waals surface area contributed by atoms with Gasteiger partial charge in [0.2, 0.25) is 0 Å². The van der Waals surface area contributed by atoms with Crippen LogP contribution in [-0.4, -0.2) is 19.1 Å². The van der Waals surface area contributed by atoms with Crippen molar-refractivity contribution in [1.82, 2.24) is 0 Å². The number of esters is 1. The molecule has 1 fully saturated rings. The zero-order valence-electron chi connectivity index (χ0n) is 6.88. The fourth-order valence-electron chi connectivity index (χ4n) is 1.38. The van der Waals surface area contributed by atoms with Gasteiger partial charge in [0.25, 0.3) is 0 Å². The second-order valence-electron chi connectivity index (χ2n) is 3.02. The number of rotatable bonds is 3. The third kappa shape index (κ3) is 1.93. The largest absolute Gasteiger partial charge is 0.466 e. The molecule has 0 aromatic carbocycles. The number of hydrogen-bond acceptors (Lipinski definition) is 3. The van der Waals surface area contributed by atoms with Gasteiger partial charge in [-0.15, -0.1) is 0 Å². The van der Waals surface area contributed by atoms with Crippen molar-refractivity contribution >= 4 is 5.97 Å². The SMILES string of the molecule is CCOC(=O)C1CC(CN)C1. The van der Waals surface area contributed by atoms with Crippen LogP contribution in [0.2, 0.25) is 0 Å². The lowest BCUT2D eigenvalue weighted by Crippen LogP contribution is -2.35. The minimum atomic E-state index is -0.0443. The second kappa shape index (κ2) is 3.72. The van der Waals surface area contributed by atoms with E-state index >= 15 is 0 Å². The van der Waals surface area contributed by atoms with E-state index in [1.54, 1.807) is 0 Å². The molecule has 3 heteroatoms. The van der Waals surface area contributed by atoms with Gasteiger partial charge in [0.1, 0.15) is 0 Å². The summed E-state index contributed by atoms with van der Waals surface area (Å²) in [5, 5.41) is 0. The molecule has 0 atom stereocenters. The molecule has 0 saturated heterocycles. The monoisotopic (exact) mass is 157 g/mol. The average molecular weight is 157 g/mol. The van der Waals surface area contributed by atoms with Crippen LogP contribution in [0, 0.1) is 11.8 Å². The van der Waals surface area contributed by atoms with Gasteiger partial charge < -0.3 is 10.5 Å². The van der Waals surface area contributed by atoms with Crippen LogP contribution in [0.25, 0.3) is 0 Å². The molecule has 0 aromatic heterocycles. The van der Waals surface area contributed by atoms with E-state index in [1.807, 2.05) is 6.92 Å². The summed E-state index contributed by atoms with van der Waals surface area (Å²) in [6, 6.07) is 0. The summed E-state index contributed by atoms with van der Waals surface area (Å²) in [6.45, 7) is 3.02. The van der Waals surface area contributed by atoms with Crippen molar-refractivity contribution < 1.29 is 9.53 Å². The summed E-state index contributed by atoms with van der Waals surface area (Å²) in [6.07, 6.45) is 1.85. The maximum atomic E-state index is 11.0. The molecule has 0 bridgehead atoms. The van der Waals surface area contributed by atoms with E-state index in [1.165, 1.54) is 0 Å². The van der Waals surface area contributed by atoms with Crippen LogP contribution in [0.15, 0.2) is 0 Å². The number of carbonyl (C=O) groups is 1. The molecule has 1 aliphatic carbocycles. The predicted octanol–water partition coefficient (Wildman–Crippen LogP) is 0.534. The van der Waals surface area contributed by atoms with Crippen LogP contribution in [0.4, 0.5) is 0 Å². The molecule has 0 unspecified atom stereocenters. The topological polar surface area (TPSA) is 52.3 Å². The summed E-state index contributed by atoms with van der Waals surface area (Å²) < 4.78 is 4.86. The molecule has 0 amide bonds. The van der Waals surface area contributed by atoms with Crippen molar-refractivity contribution in [2.24, 2.45) is 17.6 Å². The number of nitrogens with two attached hydrogens (primary N) is 1. The van der Waals surface area contributed by atoms with Crippen molar-refractivity contribution in [2.75, 3.05) is 13.2 Å². The Balaban J connectivity index is 2.16. The predicted molar refractivity (Wildman–Crippen MR) is 41.9 cm³/mol. The second-order valence-corrected chi connectivity index (χ2v) is 3.02. The summed E-state index contributed by atoms with van der Waals surface area (Å²) in [5.41, 5.74) is 5.42. The van der Waals surface area contributed by atoms with Crippen LogP contribution in [0.3, 0.4) is 0 Å². The van der Waals surface area contributed by atoms with Gasteiger partial charge in [-0.2, -0.15) is 0 Å². The lowest BCUT2D eigenvalue weighted by molar-refractivity contribution is -0.152. The summed E-state index contributed by atoms with van der Waals surface area (Å²) in [7, 11) is 0. The zero-order chi connectivity index (χ0) is 8.27. The molecule has 11 heavy (non-hydrogen) atoms. The Morgan fingerprint density at radius 3 is 2.73 bits per heavy atom. The third-order valence-electron chi connectivity index (χ3n) is 2.19. The highest BCUT2D eigenvalue weighted by Gasteiger charge is 2.34. The van der Waals surface area contributed by atoms with Crippen LogP contribution >= 0.6 is 0 Å². The highest BCUT2D eigenvalue weighted by atomic mass is 16.5. The molecule has 1 saturated carbocycles. The first kappa shape index (κ1) is 8.53. The van der Waals surface area contributed by atoms with E-state index in [0.717, 1.165) is 12.8 Å². The Hall–Kier alpha value is -0.570. The minimum absolute atomic E-state index is 0.0443. The molecule has 2 N–H and O–H groups in total. The molecule has 1 rings (SSSR count). The maximum absolute atomic E-state index is 11.0.